The predicted octanol–water partition coefficient (Wildman–Crippen LogP) is 7.67. The summed E-state index contributed by atoms with van der Waals surface area (Å²) in [5.41, 5.74) is 12.5. The maximum Gasteiger partial charge on any atom is 0.337 e. The maximum absolute atomic E-state index is 12.9. The Morgan fingerprint density at radius 3 is 1.81 bits per heavy atom. The Kier molecular flexibility index (Phi) is 16.1. The number of H-pyrrole nitrogens is 2. The minimum atomic E-state index is -0.984. The van der Waals surface area contributed by atoms with Gasteiger partial charge in [-0.15, -0.1) is 0 Å². The van der Waals surface area contributed by atoms with Crippen molar-refractivity contribution in [2.24, 2.45) is 0 Å². The molecule has 0 radical (unpaired) electrons. The number of fused-ring (bicyclic) bond motifs is 2. The molecule has 2 aliphatic heterocycles. The number of nitrogens with two attached hydrogens (primary N) is 1. The number of carbonyl (C=O) groups is 2. The molecule has 4 aromatic carbocycles. The van der Waals surface area contributed by atoms with Crippen LogP contribution in [-0.2, 0) is 9.47 Å². The number of nitrogens with zero attached hydrogens (tertiary/aromatic N) is 6. The first-order chi connectivity index (χ1) is 33.7. The van der Waals surface area contributed by atoms with Crippen LogP contribution in [0.5, 0.6) is 11.5 Å². The second-order valence-electron chi connectivity index (χ2n) is 16.2. The number of aromatic amines is 2. The number of anilines is 2. The number of aromatic carboxylic acids is 1. The van der Waals surface area contributed by atoms with E-state index in [1.165, 1.54) is 0 Å². The number of nitrogen functional groups attached to an aromatic ring is 1. The Bertz CT molecular complexity index is 2950. The smallest absolute Gasteiger partial charge is 0.337 e. The van der Waals surface area contributed by atoms with Crippen LogP contribution in [0, 0.1) is 20.5 Å². The SMILES string of the molecule is Cc1cc(OCCN2CCOCC2)ccc1-c1nc2c(C(=O)Nc3ccccn3)cccc2[nH]1.Cc1cc(OCCN2C[CH+]OCC2)ccc1-c1nc2c(C(=O)O)cccc2[nH]1.Nc1ccccn1. The number of hydrogen-bond acceptors (Lipinski definition) is 13. The number of carbonyl (C=O) groups excluding carboxylic acids is 1. The van der Waals surface area contributed by atoms with Gasteiger partial charge in [0, 0.05) is 56.2 Å². The van der Waals surface area contributed by atoms with Crippen LogP contribution in [0.2, 0.25) is 0 Å². The van der Waals surface area contributed by atoms with Crippen molar-refractivity contribution in [1.29, 1.82) is 0 Å². The monoisotopic (exact) mass is 931 g/mol. The number of nitrogens with one attached hydrogen (secondary N) is 3. The lowest BCUT2D eigenvalue weighted by molar-refractivity contribution is 0.0322. The number of imidazole rings is 2. The number of carboxylic acid groups (broad SMARTS) is 1. The standard InChI is InChI=1S/C26H27N5O3.C21H21N3O4.C5H6N2/c1-18-17-19(34-16-13-31-11-14-33-15-12-31)8-9-20(18)25-28-22-6-4-5-21(24(22)30-25)26(32)29-23-7-2-3-10-27-23;1-14-13-15(28-12-9-24-7-10-27-11-8-24)5-6-16(14)20-22-18-4-2-3-17(21(25)26)19(18)23-20;6-5-3-1-2-4-7-5/h2-10,17H,11-16H2,1H3,(H,28,30)(H,27,29,32);2-6,10,13H,7-9,11-12H2,1H3,(H-,22,23,25,26);1-4H,(H2,6,7)/p+1. The molecule has 17 nitrogen and oxygen atoms in total. The molecule has 2 fully saturated rings. The van der Waals surface area contributed by atoms with Gasteiger partial charge in [0.2, 0.25) is 6.61 Å². The molecule has 354 valence electrons. The fourth-order valence-corrected chi connectivity index (χ4v) is 7.78. The number of carboxylic acids is 1. The third kappa shape index (κ3) is 12.8. The molecule has 17 heteroatoms. The summed E-state index contributed by atoms with van der Waals surface area (Å²) in [5.74, 6) is 2.84. The lowest BCUT2D eigenvalue weighted by Gasteiger charge is -2.26. The first kappa shape index (κ1) is 47.7. The molecule has 0 spiro atoms. The summed E-state index contributed by atoms with van der Waals surface area (Å²) in [5, 5.41) is 12.2. The van der Waals surface area contributed by atoms with E-state index in [-0.39, 0.29) is 11.5 Å². The number of amides is 1. The third-order valence-corrected chi connectivity index (χ3v) is 11.4. The fraction of sp³-hybridized carbons (Fsp3) is 0.250. The topological polar surface area (TPSA) is 219 Å². The maximum atomic E-state index is 12.9. The zero-order valence-electron chi connectivity index (χ0n) is 38.6. The molecule has 0 saturated carbocycles. The number of ether oxygens (including phenoxy) is 4. The second-order valence-corrected chi connectivity index (χ2v) is 16.2. The summed E-state index contributed by atoms with van der Waals surface area (Å²) in [6, 6.07) is 33.3. The van der Waals surface area contributed by atoms with E-state index in [1.54, 1.807) is 48.8 Å². The normalized spacial score (nSPS) is 13.9. The number of morpholine rings is 2. The number of aryl methyl sites for hydroxylation is 2. The Labute approximate surface area is 399 Å². The van der Waals surface area contributed by atoms with Crippen molar-refractivity contribution in [1.82, 2.24) is 39.7 Å². The molecule has 10 rings (SSSR count). The van der Waals surface area contributed by atoms with Gasteiger partial charge in [0.15, 0.2) is 6.54 Å². The Morgan fingerprint density at radius 1 is 0.710 bits per heavy atom. The van der Waals surface area contributed by atoms with Gasteiger partial charge in [-0.2, -0.15) is 4.74 Å². The van der Waals surface area contributed by atoms with Gasteiger partial charge in [0.1, 0.15) is 65.6 Å². The van der Waals surface area contributed by atoms with Gasteiger partial charge in [-0.25, -0.2) is 24.7 Å². The highest BCUT2D eigenvalue weighted by atomic mass is 16.5. The van der Waals surface area contributed by atoms with Crippen LogP contribution in [0.15, 0.2) is 122 Å². The third-order valence-electron chi connectivity index (χ3n) is 11.4. The van der Waals surface area contributed by atoms with Gasteiger partial charge in [0.05, 0.1) is 35.4 Å². The predicted molar refractivity (Wildman–Crippen MR) is 265 cm³/mol. The molecule has 8 aromatic rings. The lowest BCUT2D eigenvalue weighted by Crippen LogP contribution is -2.38. The Morgan fingerprint density at radius 2 is 1.29 bits per heavy atom. The lowest BCUT2D eigenvalue weighted by atomic mass is 10.1. The van der Waals surface area contributed by atoms with Crippen LogP contribution in [0.3, 0.4) is 0 Å². The van der Waals surface area contributed by atoms with Crippen molar-refractivity contribution >= 4 is 45.6 Å². The largest absolute Gasteiger partial charge is 0.492 e. The van der Waals surface area contributed by atoms with E-state index in [2.05, 4.69) is 40.0 Å². The van der Waals surface area contributed by atoms with Crippen molar-refractivity contribution in [3.63, 3.8) is 0 Å². The molecule has 6 N–H and O–H groups in total. The van der Waals surface area contributed by atoms with Crippen molar-refractivity contribution < 1.29 is 33.6 Å². The molecule has 1 amide bonds. The van der Waals surface area contributed by atoms with Crippen LogP contribution >= 0.6 is 0 Å². The Hall–Kier alpha value is -7.83. The summed E-state index contributed by atoms with van der Waals surface area (Å²) in [6.45, 7) is 14.8. The fourth-order valence-electron chi connectivity index (χ4n) is 7.78. The van der Waals surface area contributed by atoms with E-state index in [4.69, 9.17) is 29.7 Å². The Balaban J connectivity index is 0.000000165. The van der Waals surface area contributed by atoms with Crippen LogP contribution in [0.4, 0.5) is 11.6 Å². The van der Waals surface area contributed by atoms with E-state index < -0.39 is 5.97 Å². The number of aromatic nitrogens is 6. The summed E-state index contributed by atoms with van der Waals surface area (Å²) in [4.78, 5) is 52.7. The molecule has 69 heavy (non-hydrogen) atoms. The molecule has 4 aromatic heterocycles. The second kappa shape index (κ2) is 23.3. The van der Waals surface area contributed by atoms with Gasteiger partial charge in [-0.05, 0) is 110 Å². The molecular weight excluding hydrogens is 877 g/mol. The van der Waals surface area contributed by atoms with Crippen molar-refractivity contribution in [3.05, 3.63) is 150 Å². The van der Waals surface area contributed by atoms with E-state index in [1.807, 2.05) is 93.3 Å². The zero-order valence-corrected chi connectivity index (χ0v) is 38.6. The highest BCUT2D eigenvalue weighted by Gasteiger charge is 2.19. The minimum absolute atomic E-state index is 0.193. The molecule has 0 atom stereocenters. The quantitative estimate of drug-likeness (QED) is 0.0701. The van der Waals surface area contributed by atoms with Crippen molar-refractivity contribution in [2.75, 3.05) is 83.4 Å². The molecular formula is C52H55N10O7+. The number of para-hydroxylation sites is 2. The van der Waals surface area contributed by atoms with E-state index in [0.29, 0.717) is 58.6 Å². The van der Waals surface area contributed by atoms with E-state index in [9.17, 15) is 14.7 Å². The summed E-state index contributed by atoms with van der Waals surface area (Å²) >= 11 is 0. The molecule has 0 bridgehead atoms. The van der Waals surface area contributed by atoms with Crippen LogP contribution in [0.1, 0.15) is 31.8 Å². The van der Waals surface area contributed by atoms with Crippen LogP contribution in [-0.4, -0.2) is 129 Å². The molecule has 2 saturated heterocycles. The van der Waals surface area contributed by atoms with E-state index in [0.717, 1.165) is 98.4 Å². The van der Waals surface area contributed by atoms with Gasteiger partial charge in [0.25, 0.3) is 5.91 Å². The first-order valence-electron chi connectivity index (χ1n) is 22.7. The summed E-state index contributed by atoms with van der Waals surface area (Å²) < 4.78 is 22.5. The average molecular weight is 932 g/mol. The van der Waals surface area contributed by atoms with Crippen molar-refractivity contribution in [3.8, 4) is 34.3 Å². The molecule has 0 aliphatic carbocycles. The molecule has 6 heterocycles. The minimum Gasteiger partial charge on any atom is -0.492 e. The summed E-state index contributed by atoms with van der Waals surface area (Å²) in [6.07, 6.45) is 3.30. The van der Waals surface area contributed by atoms with Crippen LogP contribution in [0.25, 0.3) is 44.8 Å². The number of benzene rings is 4. The molecule has 0 unspecified atom stereocenters. The summed E-state index contributed by atoms with van der Waals surface area (Å²) in [7, 11) is 0. The number of rotatable bonds is 13. The first-order valence-corrected chi connectivity index (χ1v) is 22.7. The highest BCUT2D eigenvalue weighted by Crippen LogP contribution is 2.30. The van der Waals surface area contributed by atoms with Crippen LogP contribution < -0.4 is 20.5 Å². The molecule has 2 aliphatic rings. The average Bonchev–Trinajstić information content (AvgIpc) is 4.01. The van der Waals surface area contributed by atoms with Gasteiger partial charge < -0.3 is 40.3 Å². The number of pyridine rings is 2. The van der Waals surface area contributed by atoms with Gasteiger partial charge >= 0.3 is 5.97 Å². The van der Waals surface area contributed by atoms with Gasteiger partial charge in [-0.1, -0.05) is 24.3 Å². The van der Waals surface area contributed by atoms with E-state index >= 15 is 0 Å². The highest BCUT2D eigenvalue weighted by molar-refractivity contribution is 6.11. The number of hydrogen-bond donors (Lipinski definition) is 5. The zero-order chi connectivity index (χ0) is 48.0. The van der Waals surface area contributed by atoms with Gasteiger partial charge in [-0.3, -0.25) is 14.6 Å². The van der Waals surface area contributed by atoms with Crippen molar-refractivity contribution in [2.45, 2.75) is 13.8 Å².